The molecule has 0 fully saturated rings. The summed E-state index contributed by atoms with van der Waals surface area (Å²) in [6, 6.07) is 1.20. The highest BCUT2D eigenvalue weighted by Crippen LogP contribution is 2.41. The Bertz CT molecular complexity index is 657. The van der Waals surface area contributed by atoms with Crippen molar-refractivity contribution in [3.05, 3.63) is 34.4 Å². The number of rotatable bonds is 1. The molecule has 1 N–H and O–H groups in total. The van der Waals surface area contributed by atoms with E-state index >= 15 is 0 Å². The van der Waals surface area contributed by atoms with Gasteiger partial charge in [0.15, 0.2) is 0 Å². The molecule has 22 heavy (non-hydrogen) atoms. The van der Waals surface area contributed by atoms with Gasteiger partial charge in [0.05, 0.1) is 11.1 Å². The summed E-state index contributed by atoms with van der Waals surface area (Å²) < 4.78 is 81.2. The summed E-state index contributed by atoms with van der Waals surface area (Å²) in [5.74, 6) is -2.33. The summed E-state index contributed by atoms with van der Waals surface area (Å²) in [5, 5.41) is 8.83. The van der Waals surface area contributed by atoms with Crippen LogP contribution < -0.4 is 4.74 Å². The van der Waals surface area contributed by atoms with Crippen LogP contribution in [0.25, 0.3) is 6.08 Å². The van der Waals surface area contributed by atoms with Crippen LogP contribution in [-0.4, -0.2) is 23.4 Å². The number of carboxylic acid groups (broad SMARTS) is 1. The van der Waals surface area contributed by atoms with Crippen LogP contribution in [0.2, 0.25) is 0 Å². The van der Waals surface area contributed by atoms with E-state index in [4.69, 9.17) is 5.11 Å². The van der Waals surface area contributed by atoms with Crippen molar-refractivity contribution in [1.82, 2.24) is 0 Å². The van der Waals surface area contributed by atoms with Crippen molar-refractivity contribution in [3.63, 3.8) is 0 Å². The maximum Gasteiger partial charge on any atom is 0.430 e. The van der Waals surface area contributed by atoms with Crippen molar-refractivity contribution < 1.29 is 41.0 Å². The molecule has 1 heterocycles. The van der Waals surface area contributed by atoms with Crippen molar-refractivity contribution >= 4 is 12.0 Å². The number of hydrogen-bond acceptors (Lipinski definition) is 2. The number of halogens is 6. The number of carbonyl (C=O) groups is 1. The molecule has 1 atom stereocenters. The second-order valence-electron chi connectivity index (χ2n) is 4.65. The Morgan fingerprint density at radius 3 is 2.23 bits per heavy atom. The third kappa shape index (κ3) is 2.88. The minimum Gasteiger partial charge on any atom is -0.478 e. The maximum atomic E-state index is 12.8. The minimum absolute atomic E-state index is 0.167. The Hall–Kier alpha value is -2.19. The van der Waals surface area contributed by atoms with Crippen molar-refractivity contribution in [2.24, 2.45) is 0 Å². The van der Waals surface area contributed by atoms with E-state index in [1.54, 1.807) is 0 Å². The molecule has 1 unspecified atom stereocenters. The fourth-order valence-corrected chi connectivity index (χ4v) is 2.07. The lowest BCUT2D eigenvalue weighted by molar-refractivity contribution is -0.187. The van der Waals surface area contributed by atoms with Crippen molar-refractivity contribution in [3.8, 4) is 5.75 Å². The molecule has 0 saturated heterocycles. The number of alkyl halides is 6. The monoisotopic (exact) mass is 326 g/mol. The quantitative estimate of drug-likeness (QED) is 0.799. The maximum absolute atomic E-state index is 12.8. The van der Waals surface area contributed by atoms with E-state index in [1.807, 2.05) is 0 Å². The summed E-state index contributed by atoms with van der Waals surface area (Å²) in [4.78, 5) is 10.9. The fraction of sp³-hybridized carbons (Fsp3) is 0.308. The first-order valence-corrected chi connectivity index (χ1v) is 5.81. The van der Waals surface area contributed by atoms with Crippen LogP contribution >= 0.6 is 0 Å². The molecular weight excluding hydrogens is 318 g/mol. The Balaban J connectivity index is 2.64. The van der Waals surface area contributed by atoms with Crippen LogP contribution in [0, 0.1) is 6.92 Å². The Labute approximate surface area is 119 Å². The van der Waals surface area contributed by atoms with E-state index in [2.05, 4.69) is 4.74 Å². The van der Waals surface area contributed by atoms with E-state index in [9.17, 15) is 31.1 Å². The topological polar surface area (TPSA) is 46.5 Å². The van der Waals surface area contributed by atoms with E-state index in [0.717, 1.165) is 6.92 Å². The Morgan fingerprint density at radius 1 is 1.18 bits per heavy atom. The van der Waals surface area contributed by atoms with E-state index in [0.29, 0.717) is 18.2 Å². The second kappa shape index (κ2) is 4.92. The van der Waals surface area contributed by atoms with Gasteiger partial charge in [-0.25, -0.2) is 4.79 Å². The van der Waals surface area contributed by atoms with Gasteiger partial charge in [0.25, 0.3) is 0 Å². The number of carboxylic acids is 1. The van der Waals surface area contributed by atoms with Gasteiger partial charge in [0.2, 0.25) is 6.10 Å². The average molecular weight is 326 g/mol. The second-order valence-corrected chi connectivity index (χ2v) is 4.65. The number of aryl methyl sites for hydroxylation is 1. The molecule has 9 heteroatoms. The highest BCUT2D eigenvalue weighted by molar-refractivity contribution is 5.95. The zero-order valence-corrected chi connectivity index (χ0v) is 10.8. The van der Waals surface area contributed by atoms with Gasteiger partial charge in [-0.1, -0.05) is 0 Å². The summed E-state index contributed by atoms with van der Waals surface area (Å²) in [6.07, 6.45) is -11.9. The van der Waals surface area contributed by atoms with E-state index < -0.39 is 41.3 Å². The lowest BCUT2D eigenvalue weighted by Crippen LogP contribution is -2.40. The zero-order chi connectivity index (χ0) is 16.9. The first kappa shape index (κ1) is 16.2. The predicted octanol–water partition coefficient (Wildman–Crippen LogP) is 3.81. The molecular formula is C13H8F6O3. The molecule has 1 aromatic carbocycles. The molecule has 1 aliphatic heterocycles. The Morgan fingerprint density at radius 2 is 1.77 bits per heavy atom. The average Bonchev–Trinajstić information content (AvgIpc) is 2.34. The van der Waals surface area contributed by atoms with Crippen LogP contribution in [0.3, 0.4) is 0 Å². The lowest BCUT2D eigenvalue weighted by atomic mass is 9.97. The number of fused-ring (bicyclic) bond motifs is 1. The van der Waals surface area contributed by atoms with Crippen molar-refractivity contribution in [2.45, 2.75) is 25.4 Å². The highest BCUT2D eigenvalue weighted by atomic mass is 19.4. The predicted molar refractivity (Wildman–Crippen MR) is 62.3 cm³/mol. The third-order valence-corrected chi connectivity index (χ3v) is 3.00. The van der Waals surface area contributed by atoms with Crippen LogP contribution in [0.15, 0.2) is 17.7 Å². The summed E-state index contributed by atoms with van der Waals surface area (Å²) >= 11 is 0. The molecule has 0 spiro atoms. The molecule has 3 nitrogen and oxygen atoms in total. The summed E-state index contributed by atoms with van der Waals surface area (Å²) in [7, 11) is 0. The van der Waals surface area contributed by atoms with Crippen molar-refractivity contribution in [2.75, 3.05) is 0 Å². The van der Waals surface area contributed by atoms with Gasteiger partial charge in [-0.2, -0.15) is 26.3 Å². The van der Waals surface area contributed by atoms with Gasteiger partial charge >= 0.3 is 18.3 Å². The SMILES string of the molecule is Cc1cc(C(F)(F)F)cc2c1OC(C(F)(F)F)C(C(=O)O)=C2. The molecule has 2 rings (SSSR count). The Kier molecular flexibility index (Phi) is 3.62. The van der Waals surface area contributed by atoms with E-state index in [-0.39, 0.29) is 11.1 Å². The zero-order valence-electron chi connectivity index (χ0n) is 10.8. The molecule has 0 aliphatic carbocycles. The van der Waals surface area contributed by atoms with Crippen LogP contribution in [0.5, 0.6) is 5.75 Å². The molecule has 0 radical (unpaired) electrons. The molecule has 0 bridgehead atoms. The first-order valence-electron chi connectivity index (χ1n) is 5.81. The molecule has 1 aromatic rings. The normalized spacial score (nSPS) is 18.3. The smallest absolute Gasteiger partial charge is 0.430 e. The van der Waals surface area contributed by atoms with Crippen LogP contribution in [-0.2, 0) is 11.0 Å². The molecule has 0 saturated carbocycles. The lowest BCUT2D eigenvalue weighted by Gasteiger charge is -2.28. The summed E-state index contributed by atoms with van der Waals surface area (Å²) in [6.45, 7) is 1.15. The van der Waals surface area contributed by atoms with Gasteiger partial charge in [0, 0.05) is 5.56 Å². The molecule has 0 amide bonds. The largest absolute Gasteiger partial charge is 0.478 e. The highest BCUT2D eigenvalue weighted by Gasteiger charge is 2.49. The number of ether oxygens (including phenoxy) is 1. The third-order valence-electron chi connectivity index (χ3n) is 3.00. The molecule has 120 valence electrons. The van der Waals surface area contributed by atoms with Gasteiger partial charge in [-0.05, 0) is 30.7 Å². The fourth-order valence-electron chi connectivity index (χ4n) is 2.07. The van der Waals surface area contributed by atoms with Crippen molar-refractivity contribution in [1.29, 1.82) is 0 Å². The first-order chi connectivity index (χ1) is 9.91. The van der Waals surface area contributed by atoms with Gasteiger partial charge < -0.3 is 9.84 Å². The number of hydrogen-bond donors (Lipinski definition) is 1. The minimum atomic E-state index is -5.00. The number of aliphatic carboxylic acids is 1. The summed E-state index contributed by atoms with van der Waals surface area (Å²) in [5.41, 5.74) is -2.79. The van der Waals surface area contributed by atoms with Crippen LogP contribution in [0.1, 0.15) is 16.7 Å². The van der Waals surface area contributed by atoms with E-state index in [1.165, 1.54) is 0 Å². The number of benzene rings is 1. The van der Waals surface area contributed by atoms with Gasteiger partial charge in [-0.3, -0.25) is 0 Å². The standard InChI is InChI=1S/C13H8F6O3/c1-5-2-7(12(14,15)16)3-6-4-8(11(20)21)10(13(17,18)19)22-9(5)6/h2-4,10H,1H3,(H,20,21). The van der Waals surface area contributed by atoms with Gasteiger partial charge in [0.1, 0.15) is 5.75 Å². The van der Waals surface area contributed by atoms with Gasteiger partial charge in [-0.15, -0.1) is 0 Å². The molecule has 0 aromatic heterocycles. The molecule has 1 aliphatic rings. The van der Waals surface area contributed by atoms with Crippen LogP contribution in [0.4, 0.5) is 26.3 Å².